The van der Waals surface area contributed by atoms with Crippen molar-refractivity contribution in [2.24, 2.45) is 5.10 Å². The number of anilines is 1. The zero-order valence-corrected chi connectivity index (χ0v) is 18.1. The van der Waals surface area contributed by atoms with Crippen LogP contribution in [0.15, 0.2) is 84.1 Å². The van der Waals surface area contributed by atoms with Crippen molar-refractivity contribution >= 4 is 34.6 Å². The molecule has 7 heteroatoms. The molecule has 6 nitrogen and oxygen atoms in total. The van der Waals surface area contributed by atoms with Gasteiger partial charge in [0, 0.05) is 28.4 Å². The number of carbonyl (C=O) groups is 2. The summed E-state index contributed by atoms with van der Waals surface area (Å²) in [6.07, 6.45) is 3.48. The molecule has 2 amide bonds. The molecule has 0 unspecified atom stereocenters. The molecule has 0 radical (unpaired) electrons. The van der Waals surface area contributed by atoms with Crippen molar-refractivity contribution < 1.29 is 14.0 Å². The number of amides is 2. The lowest BCUT2D eigenvalue weighted by atomic mass is 10.1. The van der Waals surface area contributed by atoms with E-state index >= 15 is 0 Å². The molecule has 1 heterocycles. The van der Waals surface area contributed by atoms with Crippen LogP contribution in [0.1, 0.15) is 16.7 Å². The summed E-state index contributed by atoms with van der Waals surface area (Å²) >= 11 is 0. The summed E-state index contributed by atoms with van der Waals surface area (Å²) < 4.78 is 14.8. The Morgan fingerprint density at radius 3 is 2.58 bits per heavy atom. The summed E-state index contributed by atoms with van der Waals surface area (Å²) in [6.45, 7) is 2.11. The quantitative estimate of drug-likeness (QED) is 0.328. The third-order valence-corrected chi connectivity index (χ3v) is 5.11. The normalized spacial score (nSPS) is 11.1. The van der Waals surface area contributed by atoms with Gasteiger partial charge < -0.3 is 9.88 Å². The van der Waals surface area contributed by atoms with Crippen LogP contribution in [0.3, 0.4) is 0 Å². The molecule has 0 spiro atoms. The molecular formula is C26H23FN4O2. The largest absolute Gasteiger partial charge is 0.337 e. The maximum Gasteiger partial charge on any atom is 0.244 e. The summed E-state index contributed by atoms with van der Waals surface area (Å²) in [5, 5.41) is 7.89. The number of fused-ring (bicyclic) bond motifs is 1. The van der Waals surface area contributed by atoms with Gasteiger partial charge in [-0.25, -0.2) is 9.82 Å². The Morgan fingerprint density at radius 2 is 1.79 bits per heavy atom. The lowest BCUT2D eigenvalue weighted by Gasteiger charge is -2.08. The monoisotopic (exact) mass is 442 g/mol. The summed E-state index contributed by atoms with van der Waals surface area (Å²) in [7, 11) is 0. The maximum absolute atomic E-state index is 13.0. The lowest BCUT2D eigenvalue weighted by molar-refractivity contribution is -0.120. The predicted octanol–water partition coefficient (Wildman–Crippen LogP) is 4.42. The molecule has 4 aromatic rings. The van der Waals surface area contributed by atoms with Gasteiger partial charge in [-0.2, -0.15) is 5.10 Å². The molecule has 166 valence electrons. The van der Waals surface area contributed by atoms with Crippen LogP contribution in [0, 0.1) is 12.7 Å². The van der Waals surface area contributed by atoms with Crippen molar-refractivity contribution in [2.45, 2.75) is 19.9 Å². The number of hydrogen-bond donors (Lipinski definition) is 2. The Hall–Kier alpha value is -4.26. The number of hydrogen-bond acceptors (Lipinski definition) is 3. The van der Waals surface area contributed by atoms with E-state index in [0.29, 0.717) is 5.56 Å². The van der Waals surface area contributed by atoms with Gasteiger partial charge in [-0.05, 0) is 48.4 Å². The average molecular weight is 442 g/mol. The van der Waals surface area contributed by atoms with Crippen molar-refractivity contribution in [3.05, 3.63) is 102 Å². The molecule has 0 saturated carbocycles. The average Bonchev–Trinajstić information content (AvgIpc) is 3.13. The molecule has 0 aliphatic carbocycles. The van der Waals surface area contributed by atoms with E-state index in [4.69, 9.17) is 0 Å². The number of carbonyl (C=O) groups excluding carboxylic acids is 2. The molecule has 33 heavy (non-hydrogen) atoms. The summed E-state index contributed by atoms with van der Waals surface area (Å²) in [6, 6.07) is 21.1. The van der Waals surface area contributed by atoms with Gasteiger partial charge in [-0.1, -0.05) is 42.5 Å². The fourth-order valence-corrected chi connectivity index (χ4v) is 3.59. The van der Waals surface area contributed by atoms with Crippen LogP contribution in [0.4, 0.5) is 10.1 Å². The first-order valence-corrected chi connectivity index (χ1v) is 10.5. The van der Waals surface area contributed by atoms with Crippen LogP contribution in [0.25, 0.3) is 10.9 Å². The standard InChI is InChI=1S/C26H23FN4O2/c1-18-5-4-6-22(13-18)29-26(33)17-31-16-20(23-7-2-3-8-24(23)31)15-28-30-25(32)14-19-9-11-21(27)12-10-19/h2-13,15-16H,14,17H2,1H3,(H,29,33)(H,30,32)/b28-15+. The number of benzene rings is 3. The second-order valence-corrected chi connectivity index (χ2v) is 7.74. The van der Waals surface area contributed by atoms with Crippen molar-refractivity contribution in [1.82, 2.24) is 9.99 Å². The van der Waals surface area contributed by atoms with Crippen LogP contribution in [0.2, 0.25) is 0 Å². The van der Waals surface area contributed by atoms with Crippen molar-refractivity contribution in [3.63, 3.8) is 0 Å². The van der Waals surface area contributed by atoms with E-state index < -0.39 is 0 Å². The van der Waals surface area contributed by atoms with Crippen LogP contribution in [0.5, 0.6) is 0 Å². The first kappa shape index (κ1) is 22.0. The van der Waals surface area contributed by atoms with E-state index in [2.05, 4.69) is 15.8 Å². The highest BCUT2D eigenvalue weighted by Crippen LogP contribution is 2.20. The smallest absolute Gasteiger partial charge is 0.244 e. The number of aromatic nitrogens is 1. The summed E-state index contributed by atoms with van der Waals surface area (Å²) in [5.41, 5.74) is 6.67. The second-order valence-electron chi connectivity index (χ2n) is 7.74. The van der Waals surface area contributed by atoms with E-state index in [1.165, 1.54) is 12.1 Å². The minimum Gasteiger partial charge on any atom is -0.337 e. The lowest BCUT2D eigenvalue weighted by Crippen LogP contribution is -2.19. The van der Waals surface area contributed by atoms with Crippen molar-refractivity contribution in [3.8, 4) is 0 Å². The highest BCUT2D eigenvalue weighted by atomic mass is 19.1. The van der Waals surface area contributed by atoms with Crippen molar-refractivity contribution in [1.29, 1.82) is 0 Å². The van der Waals surface area contributed by atoms with E-state index in [9.17, 15) is 14.0 Å². The van der Waals surface area contributed by atoms with Gasteiger partial charge in [-0.3, -0.25) is 9.59 Å². The third kappa shape index (κ3) is 5.71. The molecule has 0 atom stereocenters. The van der Waals surface area contributed by atoms with Gasteiger partial charge in [0.15, 0.2) is 0 Å². The topological polar surface area (TPSA) is 75.5 Å². The van der Waals surface area contributed by atoms with Crippen LogP contribution >= 0.6 is 0 Å². The van der Waals surface area contributed by atoms with Gasteiger partial charge in [0.1, 0.15) is 12.4 Å². The molecule has 0 fully saturated rings. The molecule has 0 aliphatic rings. The Morgan fingerprint density at radius 1 is 1.00 bits per heavy atom. The molecule has 1 aromatic heterocycles. The van der Waals surface area contributed by atoms with E-state index in [-0.39, 0.29) is 30.6 Å². The van der Waals surface area contributed by atoms with Crippen LogP contribution in [-0.4, -0.2) is 22.6 Å². The molecule has 0 saturated heterocycles. The van der Waals surface area contributed by atoms with E-state index in [0.717, 1.165) is 27.7 Å². The number of nitrogens with zero attached hydrogens (tertiary/aromatic N) is 2. The number of aryl methyl sites for hydroxylation is 1. The second kappa shape index (κ2) is 9.91. The minimum atomic E-state index is -0.346. The maximum atomic E-state index is 13.0. The molecule has 4 rings (SSSR count). The number of rotatable bonds is 7. The predicted molar refractivity (Wildman–Crippen MR) is 128 cm³/mol. The number of para-hydroxylation sites is 1. The van der Waals surface area contributed by atoms with Gasteiger partial charge in [-0.15, -0.1) is 0 Å². The van der Waals surface area contributed by atoms with Crippen LogP contribution < -0.4 is 10.7 Å². The summed E-state index contributed by atoms with van der Waals surface area (Å²) in [4.78, 5) is 24.7. The highest BCUT2D eigenvalue weighted by Gasteiger charge is 2.11. The Bertz CT molecular complexity index is 1330. The van der Waals surface area contributed by atoms with Gasteiger partial charge in [0.05, 0.1) is 12.6 Å². The van der Waals surface area contributed by atoms with E-state index in [1.54, 1.807) is 18.3 Å². The Labute approximate surface area is 190 Å². The highest BCUT2D eigenvalue weighted by molar-refractivity contribution is 6.00. The minimum absolute atomic E-state index is 0.0957. The molecule has 0 aliphatic heterocycles. The fraction of sp³-hybridized carbons (Fsp3) is 0.115. The number of hydrazone groups is 1. The SMILES string of the molecule is Cc1cccc(NC(=O)Cn2cc(/C=N/NC(=O)Cc3ccc(F)cc3)c3ccccc32)c1. The van der Waals surface area contributed by atoms with Gasteiger partial charge in [0.2, 0.25) is 11.8 Å². The number of nitrogens with one attached hydrogen (secondary N) is 2. The zero-order chi connectivity index (χ0) is 23.2. The first-order chi connectivity index (χ1) is 16.0. The summed E-state index contributed by atoms with van der Waals surface area (Å²) in [5.74, 6) is -0.794. The Balaban J connectivity index is 1.44. The van der Waals surface area contributed by atoms with E-state index in [1.807, 2.05) is 66.2 Å². The molecule has 0 bridgehead atoms. The molecular weight excluding hydrogens is 419 g/mol. The van der Waals surface area contributed by atoms with Crippen molar-refractivity contribution in [2.75, 3.05) is 5.32 Å². The third-order valence-electron chi connectivity index (χ3n) is 5.11. The molecule has 3 aromatic carbocycles. The molecule has 2 N–H and O–H groups in total. The van der Waals surface area contributed by atoms with Gasteiger partial charge in [0.25, 0.3) is 0 Å². The van der Waals surface area contributed by atoms with Crippen LogP contribution in [-0.2, 0) is 22.6 Å². The Kier molecular flexibility index (Phi) is 6.59. The number of halogens is 1. The fourth-order valence-electron chi connectivity index (χ4n) is 3.59. The zero-order valence-electron chi connectivity index (χ0n) is 18.1. The van der Waals surface area contributed by atoms with Gasteiger partial charge >= 0.3 is 0 Å². The first-order valence-electron chi connectivity index (χ1n) is 10.5.